The Morgan fingerprint density at radius 2 is 1.61 bits per heavy atom. The lowest BCUT2D eigenvalue weighted by molar-refractivity contribution is -0.230. The van der Waals surface area contributed by atoms with Crippen LogP contribution in [0.3, 0.4) is 0 Å². The molecule has 38 heavy (non-hydrogen) atoms. The predicted molar refractivity (Wildman–Crippen MR) is 122 cm³/mol. The van der Waals surface area contributed by atoms with Crippen LogP contribution in [0.4, 0.5) is 35.1 Å². The zero-order chi connectivity index (χ0) is 27.6. The van der Waals surface area contributed by atoms with Crippen molar-refractivity contribution in [1.29, 1.82) is 0 Å². The maximum Gasteiger partial charge on any atom is 0.432 e. The molecule has 0 amide bonds. The lowest BCUT2D eigenvalue weighted by atomic mass is 9.88. The van der Waals surface area contributed by atoms with Crippen molar-refractivity contribution in [3.05, 3.63) is 81.7 Å². The minimum absolute atomic E-state index is 0.119. The molecule has 2 aliphatic carbocycles. The van der Waals surface area contributed by atoms with Gasteiger partial charge in [-0.05, 0) is 41.9 Å². The standard InChI is InChI=1S/C27H26F8O3/c1-2-3-4-14-12-36-26(37-13-14)16-9-20(29)24(21(30)10-16)27(34,35)38-17-5-6-18(19(28)11-17)15-7-22(31)25(33)23(32)8-15/h5-7,9-10,14,19,23,26H,2-4,8,11-13H2,1H3. The van der Waals surface area contributed by atoms with E-state index in [9.17, 15) is 35.1 Å². The topological polar surface area (TPSA) is 27.7 Å². The molecule has 0 aromatic heterocycles. The van der Waals surface area contributed by atoms with Crippen LogP contribution in [0.2, 0.25) is 0 Å². The molecule has 3 aliphatic rings. The highest BCUT2D eigenvalue weighted by Crippen LogP contribution is 2.41. The second kappa shape index (κ2) is 11.6. The van der Waals surface area contributed by atoms with Crippen LogP contribution in [0.25, 0.3) is 0 Å². The zero-order valence-corrected chi connectivity index (χ0v) is 20.4. The normalized spacial score (nSPS) is 26.6. The molecule has 1 saturated heterocycles. The van der Waals surface area contributed by atoms with Crippen molar-refractivity contribution in [2.75, 3.05) is 13.2 Å². The average Bonchev–Trinajstić information content (AvgIpc) is 2.85. The Bertz CT molecular complexity index is 1140. The molecule has 208 valence electrons. The maximum atomic E-state index is 14.8. The lowest BCUT2D eigenvalue weighted by Crippen LogP contribution is -2.28. The minimum atomic E-state index is -4.52. The highest BCUT2D eigenvalue weighted by Gasteiger charge is 2.43. The molecule has 3 nitrogen and oxygen atoms in total. The minimum Gasteiger partial charge on any atom is -0.433 e. The molecule has 0 saturated carbocycles. The van der Waals surface area contributed by atoms with Crippen LogP contribution in [0.5, 0.6) is 0 Å². The van der Waals surface area contributed by atoms with E-state index in [2.05, 4.69) is 4.74 Å². The maximum absolute atomic E-state index is 14.8. The molecule has 1 aliphatic heterocycles. The van der Waals surface area contributed by atoms with Crippen LogP contribution in [0.1, 0.15) is 56.4 Å². The number of unbranched alkanes of at least 4 members (excludes halogenated alkanes) is 1. The predicted octanol–water partition coefficient (Wildman–Crippen LogP) is 8.25. The molecule has 0 radical (unpaired) electrons. The Balaban J connectivity index is 1.48. The van der Waals surface area contributed by atoms with Crippen molar-refractivity contribution >= 4 is 0 Å². The number of hydrogen-bond donors (Lipinski definition) is 0. The molecular formula is C27H26F8O3. The molecule has 1 fully saturated rings. The summed E-state index contributed by atoms with van der Waals surface area (Å²) in [7, 11) is 0. The summed E-state index contributed by atoms with van der Waals surface area (Å²) in [5, 5.41) is 0. The Morgan fingerprint density at radius 3 is 2.18 bits per heavy atom. The van der Waals surface area contributed by atoms with Crippen molar-refractivity contribution in [1.82, 2.24) is 0 Å². The Hall–Kier alpha value is -2.66. The highest BCUT2D eigenvalue weighted by atomic mass is 19.3. The fourth-order valence-corrected chi connectivity index (χ4v) is 4.56. The van der Waals surface area contributed by atoms with Crippen LogP contribution >= 0.6 is 0 Å². The quantitative estimate of drug-likeness (QED) is 0.305. The van der Waals surface area contributed by atoms with Gasteiger partial charge in [0.2, 0.25) is 0 Å². The zero-order valence-electron chi connectivity index (χ0n) is 20.4. The molecular weight excluding hydrogens is 524 g/mol. The van der Waals surface area contributed by atoms with Gasteiger partial charge in [0.1, 0.15) is 29.1 Å². The van der Waals surface area contributed by atoms with E-state index in [1.807, 2.05) is 6.92 Å². The second-order valence-electron chi connectivity index (χ2n) is 9.45. The fraction of sp³-hybridized carbons (Fsp3) is 0.481. The number of hydrogen-bond acceptors (Lipinski definition) is 3. The van der Waals surface area contributed by atoms with Gasteiger partial charge in [-0.3, -0.25) is 0 Å². The first-order chi connectivity index (χ1) is 18.0. The number of allylic oxidation sites excluding steroid dienone is 8. The Morgan fingerprint density at radius 1 is 0.947 bits per heavy atom. The van der Waals surface area contributed by atoms with Gasteiger partial charge in [-0.25, -0.2) is 26.3 Å². The molecule has 4 rings (SSSR count). The summed E-state index contributed by atoms with van der Waals surface area (Å²) < 4.78 is 130. The summed E-state index contributed by atoms with van der Waals surface area (Å²) in [5.74, 6) is -6.84. The van der Waals surface area contributed by atoms with E-state index in [4.69, 9.17) is 9.47 Å². The van der Waals surface area contributed by atoms with Crippen molar-refractivity contribution in [3.8, 4) is 0 Å². The third-order valence-corrected chi connectivity index (χ3v) is 6.56. The van der Waals surface area contributed by atoms with E-state index >= 15 is 0 Å². The van der Waals surface area contributed by atoms with Gasteiger partial charge >= 0.3 is 6.11 Å². The molecule has 1 aromatic carbocycles. The first-order valence-electron chi connectivity index (χ1n) is 12.2. The van der Waals surface area contributed by atoms with Gasteiger partial charge in [0.05, 0.1) is 13.2 Å². The van der Waals surface area contributed by atoms with Crippen LogP contribution < -0.4 is 0 Å². The first kappa shape index (κ1) is 28.4. The van der Waals surface area contributed by atoms with E-state index in [0.29, 0.717) is 31.4 Å². The fourth-order valence-electron chi connectivity index (χ4n) is 4.56. The van der Waals surface area contributed by atoms with Gasteiger partial charge in [0, 0.05) is 24.3 Å². The molecule has 2 unspecified atom stereocenters. The second-order valence-corrected chi connectivity index (χ2v) is 9.45. The van der Waals surface area contributed by atoms with Crippen LogP contribution in [-0.4, -0.2) is 25.6 Å². The molecule has 1 aromatic rings. The summed E-state index contributed by atoms with van der Waals surface area (Å²) in [4.78, 5) is 0. The summed E-state index contributed by atoms with van der Waals surface area (Å²) in [6.45, 7) is 2.63. The van der Waals surface area contributed by atoms with Crippen molar-refractivity contribution < 1.29 is 49.3 Å². The molecule has 0 N–H and O–H groups in total. The number of alkyl halides is 4. The monoisotopic (exact) mass is 550 g/mol. The van der Waals surface area contributed by atoms with Gasteiger partial charge < -0.3 is 14.2 Å². The van der Waals surface area contributed by atoms with Crippen molar-refractivity contribution in [2.45, 2.75) is 63.8 Å². The Kier molecular flexibility index (Phi) is 8.66. The van der Waals surface area contributed by atoms with Crippen molar-refractivity contribution in [3.63, 3.8) is 0 Å². The molecule has 0 spiro atoms. The average molecular weight is 550 g/mol. The summed E-state index contributed by atoms with van der Waals surface area (Å²) >= 11 is 0. The largest absolute Gasteiger partial charge is 0.433 e. The van der Waals surface area contributed by atoms with Crippen LogP contribution in [0.15, 0.2) is 58.9 Å². The summed E-state index contributed by atoms with van der Waals surface area (Å²) in [6.07, 6.45) is -6.08. The number of halogens is 8. The first-order valence-corrected chi connectivity index (χ1v) is 12.2. The third-order valence-electron chi connectivity index (χ3n) is 6.56. The SMILES string of the molecule is CCCCC1COC(c2cc(F)c(C(F)(F)OC3=CC=C(C4=CC(F)=C(F)C(F)C4)C(F)C3)c(F)c2)OC1. The van der Waals surface area contributed by atoms with Crippen LogP contribution in [-0.2, 0) is 20.3 Å². The van der Waals surface area contributed by atoms with E-state index < -0.39 is 72.2 Å². The van der Waals surface area contributed by atoms with Crippen LogP contribution in [0, 0.1) is 17.6 Å². The molecule has 2 atom stereocenters. The number of rotatable bonds is 8. The van der Waals surface area contributed by atoms with E-state index in [-0.39, 0.29) is 22.6 Å². The van der Waals surface area contributed by atoms with Gasteiger partial charge in [0.25, 0.3) is 0 Å². The van der Waals surface area contributed by atoms with E-state index in [1.165, 1.54) is 0 Å². The van der Waals surface area contributed by atoms with Gasteiger partial charge in [-0.1, -0.05) is 25.8 Å². The summed E-state index contributed by atoms with van der Waals surface area (Å²) in [5.41, 5.74) is -2.21. The van der Waals surface area contributed by atoms with Gasteiger partial charge in [-0.2, -0.15) is 8.78 Å². The smallest absolute Gasteiger partial charge is 0.432 e. The van der Waals surface area contributed by atoms with E-state index in [1.54, 1.807) is 0 Å². The number of benzene rings is 1. The van der Waals surface area contributed by atoms with Crippen molar-refractivity contribution in [2.24, 2.45) is 5.92 Å². The molecule has 1 heterocycles. The van der Waals surface area contributed by atoms with Gasteiger partial charge in [0.15, 0.2) is 24.1 Å². The number of ether oxygens (including phenoxy) is 3. The Labute approximate surface area is 214 Å². The molecule has 0 bridgehead atoms. The van der Waals surface area contributed by atoms with Gasteiger partial charge in [-0.15, -0.1) is 0 Å². The molecule has 11 heteroatoms. The third kappa shape index (κ3) is 6.14. The highest BCUT2D eigenvalue weighted by molar-refractivity contribution is 5.46. The lowest BCUT2D eigenvalue weighted by Gasteiger charge is -2.30. The summed E-state index contributed by atoms with van der Waals surface area (Å²) in [6, 6.07) is 1.34. The van der Waals surface area contributed by atoms with E-state index in [0.717, 1.165) is 31.4 Å².